The van der Waals surface area contributed by atoms with Crippen LogP contribution in [0.4, 0.5) is 0 Å². The van der Waals surface area contributed by atoms with Gasteiger partial charge in [0.05, 0.1) is 17.4 Å². The van der Waals surface area contributed by atoms with Gasteiger partial charge in [0.1, 0.15) is 5.82 Å². The van der Waals surface area contributed by atoms with Gasteiger partial charge in [-0.1, -0.05) is 12.1 Å². The van der Waals surface area contributed by atoms with Gasteiger partial charge in [0.15, 0.2) is 0 Å². The van der Waals surface area contributed by atoms with Crippen molar-refractivity contribution in [2.45, 2.75) is 6.54 Å². The molecule has 14 heavy (non-hydrogen) atoms. The SMILES string of the molecule is NNCc1nc2ccccc2c(=O)[nH]1. The van der Waals surface area contributed by atoms with E-state index in [1.807, 2.05) is 6.07 Å². The standard InChI is InChI=1S/C9H10N4O/c10-11-5-8-12-7-4-2-1-3-6(7)9(14)13-8/h1-4,11H,5,10H2,(H,12,13,14). The molecular formula is C9H10N4O. The summed E-state index contributed by atoms with van der Waals surface area (Å²) >= 11 is 0. The van der Waals surface area contributed by atoms with Crippen LogP contribution in [0.25, 0.3) is 10.9 Å². The number of hydrogen-bond donors (Lipinski definition) is 3. The molecule has 0 fully saturated rings. The van der Waals surface area contributed by atoms with E-state index in [-0.39, 0.29) is 5.56 Å². The molecule has 0 spiro atoms. The van der Waals surface area contributed by atoms with Crippen molar-refractivity contribution in [3.63, 3.8) is 0 Å². The van der Waals surface area contributed by atoms with Crippen LogP contribution < -0.4 is 16.8 Å². The minimum Gasteiger partial charge on any atom is -0.309 e. The number of aromatic amines is 1. The first-order chi connectivity index (χ1) is 6.81. The van der Waals surface area contributed by atoms with Crippen LogP contribution in [0.3, 0.4) is 0 Å². The van der Waals surface area contributed by atoms with Gasteiger partial charge in [-0.2, -0.15) is 0 Å². The molecule has 2 aromatic rings. The third-order valence-corrected chi connectivity index (χ3v) is 1.93. The number of nitrogens with zero attached hydrogens (tertiary/aromatic N) is 1. The molecule has 0 atom stereocenters. The number of hydrogen-bond acceptors (Lipinski definition) is 4. The van der Waals surface area contributed by atoms with E-state index in [0.717, 1.165) is 0 Å². The minimum absolute atomic E-state index is 0.138. The highest BCUT2D eigenvalue weighted by Crippen LogP contribution is 2.04. The summed E-state index contributed by atoms with van der Waals surface area (Å²) in [6, 6.07) is 7.18. The highest BCUT2D eigenvalue weighted by atomic mass is 16.1. The first-order valence-electron chi connectivity index (χ1n) is 4.22. The molecule has 0 aliphatic carbocycles. The van der Waals surface area contributed by atoms with Crippen LogP contribution in [0.5, 0.6) is 0 Å². The van der Waals surface area contributed by atoms with Gasteiger partial charge in [-0.15, -0.1) is 0 Å². The van der Waals surface area contributed by atoms with Gasteiger partial charge in [-0.3, -0.25) is 16.1 Å². The Morgan fingerprint density at radius 2 is 2.21 bits per heavy atom. The number of fused-ring (bicyclic) bond motifs is 1. The predicted molar refractivity (Wildman–Crippen MR) is 53.4 cm³/mol. The summed E-state index contributed by atoms with van der Waals surface area (Å²) in [6.07, 6.45) is 0. The van der Waals surface area contributed by atoms with Crippen LogP contribution in [0.2, 0.25) is 0 Å². The van der Waals surface area contributed by atoms with E-state index in [9.17, 15) is 4.79 Å². The summed E-state index contributed by atoms with van der Waals surface area (Å²) in [5, 5.41) is 0.591. The maximum absolute atomic E-state index is 11.5. The predicted octanol–water partition coefficient (Wildman–Crippen LogP) is -0.114. The monoisotopic (exact) mass is 190 g/mol. The van der Waals surface area contributed by atoms with Crippen LogP contribution >= 0.6 is 0 Å². The average molecular weight is 190 g/mol. The number of nitrogens with two attached hydrogens (primary N) is 1. The number of aromatic nitrogens is 2. The molecule has 0 saturated carbocycles. The van der Waals surface area contributed by atoms with Crippen molar-refractivity contribution in [2.75, 3.05) is 0 Å². The van der Waals surface area contributed by atoms with Crippen LogP contribution in [0.15, 0.2) is 29.1 Å². The Morgan fingerprint density at radius 1 is 1.43 bits per heavy atom. The maximum Gasteiger partial charge on any atom is 0.258 e. The van der Waals surface area contributed by atoms with E-state index in [1.54, 1.807) is 18.2 Å². The zero-order valence-corrected chi connectivity index (χ0v) is 7.45. The summed E-state index contributed by atoms with van der Waals surface area (Å²) in [5.41, 5.74) is 2.99. The molecule has 72 valence electrons. The molecule has 5 nitrogen and oxygen atoms in total. The summed E-state index contributed by atoms with van der Waals surface area (Å²) < 4.78 is 0. The molecule has 0 amide bonds. The molecular weight excluding hydrogens is 180 g/mol. The number of rotatable bonds is 2. The first-order valence-corrected chi connectivity index (χ1v) is 4.22. The van der Waals surface area contributed by atoms with Crippen molar-refractivity contribution in [3.8, 4) is 0 Å². The van der Waals surface area contributed by atoms with Crippen LogP contribution in [-0.2, 0) is 6.54 Å². The van der Waals surface area contributed by atoms with Gasteiger partial charge in [0.25, 0.3) is 5.56 Å². The number of benzene rings is 1. The fourth-order valence-corrected chi connectivity index (χ4v) is 1.32. The van der Waals surface area contributed by atoms with Gasteiger partial charge in [-0.05, 0) is 12.1 Å². The maximum atomic E-state index is 11.5. The van der Waals surface area contributed by atoms with Crippen molar-refractivity contribution in [2.24, 2.45) is 5.84 Å². The van der Waals surface area contributed by atoms with Crippen molar-refractivity contribution in [3.05, 3.63) is 40.4 Å². The lowest BCUT2D eigenvalue weighted by Crippen LogP contribution is -2.24. The van der Waals surface area contributed by atoms with Gasteiger partial charge < -0.3 is 4.98 Å². The van der Waals surface area contributed by atoms with Crippen LogP contribution in [0, 0.1) is 0 Å². The summed E-state index contributed by atoms with van der Waals surface area (Å²) in [7, 11) is 0. The van der Waals surface area contributed by atoms with Crippen molar-refractivity contribution >= 4 is 10.9 Å². The molecule has 1 heterocycles. The van der Waals surface area contributed by atoms with E-state index in [1.165, 1.54) is 0 Å². The second kappa shape index (κ2) is 3.57. The number of hydrazine groups is 1. The molecule has 2 rings (SSSR count). The largest absolute Gasteiger partial charge is 0.309 e. The smallest absolute Gasteiger partial charge is 0.258 e. The van der Waals surface area contributed by atoms with E-state index < -0.39 is 0 Å². The minimum atomic E-state index is -0.138. The molecule has 0 aliphatic heterocycles. The molecule has 0 unspecified atom stereocenters. The quantitative estimate of drug-likeness (QED) is 0.455. The fraction of sp³-hybridized carbons (Fsp3) is 0.111. The van der Waals surface area contributed by atoms with E-state index in [4.69, 9.17) is 5.84 Å². The van der Waals surface area contributed by atoms with Crippen molar-refractivity contribution in [1.82, 2.24) is 15.4 Å². The van der Waals surface area contributed by atoms with Gasteiger partial charge in [0, 0.05) is 0 Å². The molecule has 4 N–H and O–H groups in total. The zero-order chi connectivity index (χ0) is 9.97. The topological polar surface area (TPSA) is 83.8 Å². The van der Waals surface area contributed by atoms with Crippen molar-refractivity contribution in [1.29, 1.82) is 0 Å². The number of para-hydroxylation sites is 1. The molecule has 0 radical (unpaired) electrons. The molecule has 1 aromatic heterocycles. The Balaban J connectivity index is 2.66. The van der Waals surface area contributed by atoms with Gasteiger partial charge in [-0.25, -0.2) is 4.98 Å². The number of nitrogens with one attached hydrogen (secondary N) is 2. The average Bonchev–Trinajstić information content (AvgIpc) is 2.18. The highest BCUT2D eigenvalue weighted by molar-refractivity contribution is 5.77. The van der Waals surface area contributed by atoms with E-state index >= 15 is 0 Å². The van der Waals surface area contributed by atoms with Crippen LogP contribution in [0.1, 0.15) is 5.82 Å². The van der Waals surface area contributed by atoms with Gasteiger partial charge >= 0.3 is 0 Å². The summed E-state index contributed by atoms with van der Waals surface area (Å²) in [6.45, 7) is 0.347. The lowest BCUT2D eigenvalue weighted by molar-refractivity contribution is 0.701. The Hall–Kier alpha value is -1.72. The fourth-order valence-electron chi connectivity index (χ4n) is 1.32. The Morgan fingerprint density at radius 3 is 3.00 bits per heavy atom. The van der Waals surface area contributed by atoms with Crippen molar-refractivity contribution < 1.29 is 0 Å². The molecule has 0 bridgehead atoms. The zero-order valence-electron chi connectivity index (χ0n) is 7.45. The highest BCUT2D eigenvalue weighted by Gasteiger charge is 2.01. The number of H-pyrrole nitrogens is 1. The summed E-state index contributed by atoms with van der Waals surface area (Å²) in [5.74, 6) is 5.68. The second-order valence-electron chi connectivity index (χ2n) is 2.91. The molecule has 0 saturated heterocycles. The summed E-state index contributed by atoms with van der Waals surface area (Å²) in [4.78, 5) is 18.4. The van der Waals surface area contributed by atoms with Gasteiger partial charge in [0.2, 0.25) is 0 Å². The van der Waals surface area contributed by atoms with E-state index in [2.05, 4.69) is 15.4 Å². The molecule has 1 aromatic carbocycles. The first kappa shape index (κ1) is 8.86. The third kappa shape index (κ3) is 1.50. The van der Waals surface area contributed by atoms with E-state index in [0.29, 0.717) is 23.3 Å². The third-order valence-electron chi connectivity index (χ3n) is 1.93. The Labute approximate surface area is 79.9 Å². The Kier molecular flexibility index (Phi) is 2.26. The molecule has 5 heteroatoms. The normalized spacial score (nSPS) is 10.6. The second-order valence-corrected chi connectivity index (χ2v) is 2.91. The molecule has 0 aliphatic rings. The lowest BCUT2D eigenvalue weighted by Gasteiger charge is -2.00. The lowest BCUT2D eigenvalue weighted by atomic mass is 10.2. The Bertz CT molecular complexity index is 505. The van der Waals surface area contributed by atoms with Crippen LogP contribution in [-0.4, -0.2) is 9.97 Å².